The zero-order valence-corrected chi connectivity index (χ0v) is 10.1. The van der Waals surface area contributed by atoms with Gasteiger partial charge in [-0.05, 0) is 37.5 Å². The monoisotopic (exact) mass is 230 g/mol. The average molecular weight is 230 g/mol. The summed E-state index contributed by atoms with van der Waals surface area (Å²) in [6.45, 7) is 1.99. The second kappa shape index (κ2) is 5.64. The Morgan fingerprint density at radius 1 is 1.24 bits per heavy atom. The molecule has 0 fully saturated rings. The van der Waals surface area contributed by atoms with E-state index in [0.717, 1.165) is 30.6 Å². The second-order valence-electron chi connectivity index (χ2n) is 4.19. The summed E-state index contributed by atoms with van der Waals surface area (Å²) in [4.78, 5) is 0. The van der Waals surface area contributed by atoms with Gasteiger partial charge in [-0.2, -0.15) is 5.10 Å². The zero-order chi connectivity index (χ0) is 12.1. The van der Waals surface area contributed by atoms with E-state index in [-0.39, 0.29) is 6.10 Å². The van der Waals surface area contributed by atoms with Crippen LogP contribution in [0.2, 0.25) is 0 Å². The Morgan fingerprint density at radius 3 is 2.71 bits per heavy atom. The summed E-state index contributed by atoms with van der Waals surface area (Å²) in [6, 6.07) is 12.0. The summed E-state index contributed by atoms with van der Waals surface area (Å²) in [5, 5.41) is 14.0. The molecule has 90 valence electrons. The predicted molar refractivity (Wildman–Crippen MR) is 68.2 cm³/mol. The first-order valence-electron chi connectivity index (χ1n) is 6.07. The molecule has 0 saturated heterocycles. The van der Waals surface area contributed by atoms with E-state index < -0.39 is 0 Å². The van der Waals surface area contributed by atoms with Crippen LogP contribution in [0.4, 0.5) is 0 Å². The molecular weight excluding hydrogens is 212 g/mol. The quantitative estimate of drug-likeness (QED) is 0.857. The third-order valence-electron chi connectivity index (χ3n) is 2.87. The fourth-order valence-corrected chi connectivity index (χ4v) is 1.74. The minimum absolute atomic E-state index is 0.211. The van der Waals surface area contributed by atoms with Crippen LogP contribution in [0.3, 0.4) is 0 Å². The number of para-hydroxylation sites is 1. The van der Waals surface area contributed by atoms with E-state index in [0.29, 0.717) is 0 Å². The van der Waals surface area contributed by atoms with E-state index in [9.17, 15) is 5.11 Å². The highest BCUT2D eigenvalue weighted by Gasteiger charge is 2.04. The van der Waals surface area contributed by atoms with Gasteiger partial charge < -0.3 is 5.11 Å². The topological polar surface area (TPSA) is 38.0 Å². The highest BCUT2D eigenvalue weighted by Crippen LogP contribution is 2.09. The van der Waals surface area contributed by atoms with Crippen molar-refractivity contribution in [3.63, 3.8) is 0 Å². The van der Waals surface area contributed by atoms with Gasteiger partial charge in [-0.15, -0.1) is 0 Å². The number of hydrogen-bond donors (Lipinski definition) is 1. The molecule has 1 aromatic carbocycles. The Balaban J connectivity index is 2.01. The summed E-state index contributed by atoms with van der Waals surface area (Å²) in [5.74, 6) is 0. The summed E-state index contributed by atoms with van der Waals surface area (Å²) < 4.78 is 1.87. The van der Waals surface area contributed by atoms with E-state index in [1.807, 2.05) is 54.2 Å². The maximum Gasteiger partial charge on any atom is 0.0645 e. The van der Waals surface area contributed by atoms with E-state index in [2.05, 4.69) is 5.10 Å². The summed E-state index contributed by atoms with van der Waals surface area (Å²) in [5.41, 5.74) is 2.09. The maximum atomic E-state index is 9.51. The molecule has 0 aliphatic carbocycles. The first-order valence-corrected chi connectivity index (χ1v) is 6.07. The van der Waals surface area contributed by atoms with Gasteiger partial charge in [-0.1, -0.05) is 25.1 Å². The highest BCUT2D eigenvalue weighted by atomic mass is 16.3. The number of aryl methyl sites for hydroxylation is 1. The number of aromatic nitrogens is 2. The summed E-state index contributed by atoms with van der Waals surface area (Å²) in [7, 11) is 0. The number of benzene rings is 1. The number of rotatable bonds is 5. The molecule has 0 saturated carbocycles. The fraction of sp³-hybridized carbons (Fsp3) is 0.357. The smallest absolute Gasteiger partial charge is 0.0645 e. The standard InChI is InChI=1S/C14H18N2O/c1-2-14(17)9-8-12-10-11-16(15-12)13-6-4-3-5-7-13/h3-7,10-11,14,17H,2,8-9H2,1H3. The third-order valence-corrected chi connectivity index (χ3v) is 2.87. The van der Waals surface area contributed by atoms with Crippen molar-refractivity contribution in [2.45, 2.75) is 32.3 Å². The van der Waals surface area contributed by atoms with Crippen molar-refractivity contribution in [1.29, 1.82) is 0 Å². The molecule has 0 aliphatic heterocycles. The van der Waals surface area contributed by atoms with E-state index >= 15 is 0 Å². The number of aliphatic hydroxyl groups excluding tert-OH is 1. The van der Waals surface area contributed by atoms with Crippen molar-refractivity contribution < 1.29 is 5.11 Å². The van der Waals surface area contributed by atoms with Crippen LogP contribution in [-0.2, 0) is 6.42 Å². The molecule has 3 heteroatoms. The fourth-order valence-electron chi connectivity index (χ4n) is 1.74. The largest absolute Gasteiger partial charge is 0.393 e. The Hall–Kier alpha value is -1.61. The Kier molecular flexibility index (Phi) is 3.94. The van der Waals surface area contributed by atoms with Gasteiger partial charge in [0.25, 0.3) is 0 Å². The van der Waals surface area contributed by atoms with Crippen LogP contribution in [0.15, 0.2) is 42.6 Å². The van der Waals surface area contributed by atoms with Gasteiger partial charge in [0.1, 0.15) is 0 Å². The number of nitrogens with zero attached hydrogens (tertiary/aromatic N) is 2. The van der Waals surface area contributed by atoms with Crippen molar-refractivity contribution in [3.8, 4) is 5.69 Å². The minimum atomic E-state index is -0.211. The molecule has 17 heavy (non-hydrogen) atoms. The predicted octanol–water partition coefficient (Wildman–Crippen LogP) is 2.58. The van der Waals surface area contributed by atoms with E-state index in [1.165, 1.54) is 0 Å². The van der Waals surface area contributed by atoms with Crippen molar-refractivity contribution in [3.05, 3.63) is 48.3 Å². The normalized spacial score (nSPS) is 12.6. The molecule has 1 aromatic heterocycles. The first-order chi connectivity index (χ1) is 8.29. The van der Waals surface area contributed by atoms with Crippen LogP contribution in [0.25, 0.3) is 5.69 Å². The molecule has 3 nitrogen and oxygen atoms in total. The van der Waals surface area contributed by atoms with Crippen LogP contribution in [0, 0.1) is 0 Å². The van der Waals surface area contributed by atoms with Gasteiger partial charge in [0.05, 0.1) is 17.5 Å². The van der Waals surface area contributed by atoms with E-state index in [1.54, 1.807) is 0 Å². The van der Waals surface area contributed by atoms with Gasteiger partial charge in [0.15, 0.2) is 0 Å². The van der Waals surface area contributed by atoms with Gasteiger partial charge in [-0.25, -0.2) is 4.68 Å². The first kappa shape index (κ1) is 11.9. The zero-order valence-electron chi connectivity index (χ0n) is 10.1. The van der Waals surface area contributed by atoms with Crippen molar-refractivity contribution in [2.24, 2.45) is 0 Å². The van der Waals surface area contributed by atoms with Gasteiger partial charge in [-0.3, -0.25) is 0 Å². The van der Waals surface area contributed by atoms with Gasteiger partial charge in [0.2, 0.25) is 0 Å². The van der Waals surface area contributed by atoms with Crippen LogP contribution >= 0.6 is 0 Å². The highest BCUT2D eigenvalue weighted by molar-refractivity contribution is 5.30. The molecule has 2 rings (SSSR count). The number of hydrogen-bond acceptors (Lipinski definition) is 2. The molecule has 1 heterocycles. The maximum absolute atomic E-state index is 9.51. The SMILES string of the molecule is CCC(O)CCc1ccn(-c2ccccc2)n1. The third kappa shape index (κ3) is 3.17. The van der Waals surface area contributed by atoms with Crippen molar-refractivity contribution >= 4 is 0 Å². The molecule has 0 bridgehead atoms. The Labute approximate surface area is 102 Å². The lowest BCUT2D eigenvalue weighted by atomic mass is 10.1. The van der Waals surface area contributed by atoms with Crippen LogP contribution in [0.1, 0.15) is 25.5 Å². The lowest BCUT2D eigenvalue weighted by Crippen LogP contribution is -2.06. The molecule has 0 spiro atoms. The van der Waals surface area contributed by atoms with Crippen molar-refractivity contribution in [2.75, 3.05) is 0 Å². The Morgan fingerprint density at radius 2 is 2.00 bits per heavy atom. The summed E-state index contributed by atoms with van der Waals surface area (Å²) >= 11 is 0. The number of aliphatic hydroxyl groups is 1. The Bertz CT molecular complexity index is 450. The molecule has 0 radical (unpaired) electrons. The lowest BCUT2D eigenvalue weighted by Gasteiger charge is -2.05. The lowest BCUT2D eigenvalue weighted by molar-refractivity contribution is 0.160. The van der Waals surface area contributed by atoms with Crippen LogP contribution in [-0.4, -0.2) is 21.0 Å². The average Bonchev–Trinajstić information content (AvgIpc) is 2.86. The van der Waals surface area contributed by atoms with Gasteiger partial charge in [0, 0.05) is 6.20 Å². The molecule has 1 unspecified atom stereocenters. The molecule has 2 aromatic rings. The summed E-state index contributed by atoms with van der Waals surface area (Å²) in [6.07, 6.45) is 4.16. The van der Waals surface area contributed by atoms with Gasteiger partial charge >= 0.3 is 0 Å². The van der Waals surface area contributed by atoms with Crippen LogP contribution < -0.4 is 0 Å². The molecule has 0 amide bonds. The van der Waals surface area contributed by atoms with Crippen LogP contribution in [0.5, 0.6) is 0 Å². The molecular formula is C14H18N2O. The second-order valence-corrected chi connectivity index (χ2v) is 4.19. The van der Waals surface area contributed by atoms with E-state index in [4.69, 9.17) is 0 Å². The van der Waals surface area contributed by atoms with Crippen molar-refractivity contribution in [1.82, 2.24) is 9.78 Å². The molecule has 1 atom stereocenters. The molecule has 1 N–H and O–H groups in total. The minimum Gasteiger partial charge on any atom is -0.393 e. The molecule has 0 aliphatic rings.